The van der Waals surface area contributed by atoms with Crippen molar-refractivity contribution in [2.45, 2.75) is 17.7 Å². The average molecular weight is 301 g/mol. The van der Waals surface area contributed by atoms with Gasteiger partial charge in [-0.1, -0.05) is 0 Å². The number of carboxylic acids is 1. The van der Waals surface area contributed by atoms with Gasteiger partial charge in [0.25, 0.3) is 0 Å². The zero-order valence-electron chi connectivity index (χ0n) is 10.6. The summed E-state index contributed by atoms with van der Waals surface area (Å²) in [5, 5.41) is 8.78. The number of piperidine rings is 1. The zero-order chi connectivity index (χ0) is 14.9. The van der Waals surface area contributed by atoms with Crippen molar-refractivity contribution in [3.63, 3.8) is 0 Å². The number of aromatic nitrogens is 1. The van der Waals surface area contributed by atoms with Crippen LogP contribution < -0.4 is 5.73 Å². The molecule has 0 aliphatic carbocycles. The highest BCUT2D eigenvalue weighted by Gasteiger charge is 2.32. The van der Waals surface area contributed by atoms with Crippen LogP contribution >= 0.6 is 0 Å². The summed E-state index contributed by atoms with van der Waals surface area (Å²) >= 11 is 0. The van der Waals surface area contributed by atoms with E-state index < -0.39 is 21.9 Å². The normalized spacial score (nSPS) is 18.0. The maximum atomic E-state index is 12.3. The van der Waals surface area contributed by atoms with Gasteiger partial charge in [-0.3, -0.25) is 4.79 Å². The highest BCUT2D eigenvalue weighted by atomic mass is 32.2. The predicted molar refractivity (Wildman–Crippen MR) is 68.4 cm³/mol. The molecule has 20 heavy (non-hydrogen) atoms. The van der Waals surface area contributed by atoms with Crippen LogP contribution in [0.1, 0.15) is 23.3 Å². The first-order valence-electron chi connectivity index (χ1n) is 6.03. The highest BCUT2D eigenvalue weighted by molar-refractivity contribution is 7.89. The first-order valence-corrected chi connectivity index (χ1v) is 7.47. The average Bonchev–Trinajstić information content (AvgIpc) is 2.89. The number of hydrogen-bond donors (Lipinski definition) is 3. The number of sulfonamides is 1. The van der Waals surface area contributed by atoms with E-state index in [0.717, 1.165) is 12.3 Å². The van der Waals surface area contributed by atoms with Gasteiger partial charge in [-0.15, -0.1) is 0 Å². The maximum absolute atomic E-state index is 12.3. The van der Waals surface area contributed by atoms with Gasteiger partial charge < -0.3 is 15.8 Å². The summed E-state index contributed by atoms with van der Waals surface area (Å²) in [6.45, 7) is 0.396. The second-order valence-electron chi connectivity index (χ2n) is 4.63. The molecule has 1 aromatic heterocycles. The topological polar surface area (TPSA) is 134 Å². The summed E-state index contributed by atoms with van der Waals surface area (Å²) in [6.07, 6.45) is 1.91. The number of primary amides is 1. The summed E-state index contributed by atoms with van der Waals surface area (Å²) in [4.78, 5) is 24.1. The lowest BCUT2D eigenvalue weighted by atomic mass is 9.98. The molecule has 8 nitrogen and oxygen atoms in total. The molecule has 1 aromatic rings. The molecule has 1 fully saturated rings. The highest BCUT2D eigenvalue weighted by Crippen LogP contribution is 2.24. The van der Waals surface area contributed by atoms with E-state index in [9.17, 15) is 18.0 Å². The smallest absolute Gasteiger partial charge is 0.352 e. The Morgan fingerprint density at radius 2 is 1.95 bits per heavy atom. The SMILES string of the molecule is NC(=O)C1CCN(S(=O)(=O)c2c[nH]c(C(=O)O)c2)CC1. The summed E-state index contributed by atoms with van der Waals surface area (Å²) < 4.78 is 25.8. The van der Waals surface area contributed by atoms with E-state index in [4.69, 9.17) is 10.8 Å². The second-order valence-corrected chi connectivity index (χ2v) is 6.57. The van der Waals surface area contributed by atoms with Gasteiger partial charge in [0, 0.05) is 25.2 Å². The van der Waals surface area contributed by atoms with Gasteiger partial charge in [-0.05, 0) is 18.9 Å². The molecule has 2 heterocycles. The molecule has 0 unspecified atom stereocenters. The van der Waals surface area contributed by atoms with E-state index in [2.05, 4.69) is 4.98 Å². The van der Waals surface area contributed by atoms with Crippen molar-refractivity contribution in [2.24, 2.45) is 11.7 Å². The maximum Gasteiger partial charge on any atom is 0.352 e. The van der Waals surface area contributed by atoms with Crippen LogP contribution in [0, 0.1) is 5.92 Å². The zero-order valence-corrected chi connectivity index (χ0v) is 11.4. The standard InChI is InChI=1S/C11H15N3O5S/c12-10(15)7-1-3-14(4-2-7)20(18,19)8-5-9(11(16)17)13-6-8/h5-7,13H,1-4H2,(H2,12,15)(H,16,17). The number of carbonyl (C=O) groups excluding carboxylic acids is 1. The fraction of sp³-hybridized carbons (Fsp3) is 0.455. The minimum atomic E-state index is -3.74. The molecule has 110 valence electrons. The van der Waals surface area contributed by atoms with E-state index in [1.807, 2.05) is 0 Å². The van der Waals surface area contributed by atoms with Crippen LogP contribution in [-0.4, -0.2) is 47.8 Å². The van der Waals surface area contributed by atoms with Crippen molar-refractivity contribution >= 4 is 21.9 Å². The molecule has 0 aromatic carbocycles. The number of nitrogens with one attached hydrogen (secondary N) is 1. The summed E-state index contributed by atoms with van der Waals surface area (Å²) in [6, 6.07) is 1.08. The van der Waals surface area contributed by atoms with Gasteiger partial charge in [-0.25, -0.2) is 13.2 Å². The minimum Gasteiger partial charge on any atom is -0.477 e. The Morgan fingerprint density at radius 3 is 2.40 bits per heavy atom. The summed E-state index contributed by atoms with van der Waals surface area (Å²) in [5.74, 6) is -1.95. The van der Waals surface area contributed by atoms with Crippen molar-refractivity contribution in [3.8, 4) is 0 Å². The van der Waals surface area contributed by atoms with Crippen LogP contribution in [0.2, 0.25) is 0 Å². The number of H-pyrrole nitrogens is 1. The van der Waals surface area contributed by atoms with Gasteiger partial charge in [0.1, 0.15) is 10.6 Å². The van der Waals surface area contributed by atoms with Gasteiger partial charge in [0.15, 0.2) is 0 Å². The van der Waals surface area contributed by atoms with Crippen LogP contribution in [0.3, 0.4) is 0 Å². The van der Waals surface area contributed by atoms with E-state index in [-0.39, 0.29) is 29.6 Å². The first-order chi connectivity index (χ1) is 9.32. The Labute approximate surface area is 115 Å². The van der Waals surface area contributed by atoms with E-state index in [1.54, 1.807) is 0 Å². The summed E-state index contributed by atoms with van der Waals surface area (Å²) in [5.41, 5.74) is 5.01. The molecule has 0 saturated carbocycles. The number of amides is 1. The Morgan fingerprint density at radius 1 is 1.35 bits per heavy atom. The Bertz CT molecular complexity index is 628. The number of aromatic carboxylic acids is 1. The van der Waals surface area contributed by atoms with Crippen LogP contribution in [0.15, 0.2) is 17.2 Å². The summed E-state index contributed by atoms with van der Waals surface area (Å²) in [7, 11) is -3.74. The molecular formula is C11H15N3O5S. The first kappa shape index (κ1) is 14.5. The van der Waals surface area contributed by atoms with E-state index >= 15 is 0 Å². The molecule has 0 bridgehead atoms. The van der Waals surface area contributed by atoms with Gasteiger partial charge in [0.05, 0.1) is 0 Å². The largest absolute Gasteiger partial charge is 0.477 e. The number of nitrogens with zero attached hydrogens (tertiary/aromatic N) is 1. The van der Waals surface area contributed by atoms with Crippen molar-refractivity contribution in [2.75, 3.05) is 13.1 Å². The molecule has 0 spiro atoms. The molecule has 0 radical (unpaired) electrons. The monoisotopic (exact) mass is 301 g/mol. The predicted octanol–water partition coefficient (Wildman–Crippen LogP) is -0.401. The fourth-order valence-corrected chi connectivity index (χ4v) is 3.64. The number of carboxylic acid groups (broad SMARTS) is 1. The van der Waals surface area contributed by atoms with E-state index in [0.29, 0.717) is 12.8 Å². The van der Waals surface area contributed by atoms with Gasteiger partial charge in [-0.2, -0.15) is 4.31 Å². The van der Waals surface area contributed by atoms with Crippen LogP contribution in [0.4, 0.5) is 0 Å². The van der Waals surface area contributed by atoms with Gasteiger partial charge in [0.2, 0.25) is 15.9 Å². The molecule has 1 amide bonds. The van der Waals surface area contributed by atoms with Crippen molar-refractivity contribution in [3.05, 3.63) is 18.0 Å². The number of nitrogens with two attached hydrogens (primary N) is 1. The molecular weight excluding hydrogens is 286 g/mol. The molecule has 9 heteroatoms. The van der Waals surface area contributed by atoms with E-state index in [1.165, 1.54) is 4.31 Å². The fourth-order valence-electron chi connectivity index (χ4n) is 2.18. The number of rotatable bonds is 4. The van der Waals surface area contributed by atoms with Gasteiger partial charge >= 0.3 is 5.97 Å². The van der Waals surface area contributed by atoms with Crippen LogP contribution in [0.5, 0.6) is 0 Å². The molecule has 4 N–H and O–H groups in total. The third kappa shape index (κ3) is 2.68. The lowest BCUT2D eigenvalue weighted by molar-refractivity contribution is -0.122. The second kappa shape index (κ2) is 5.25. The lowest BCUT2D eigenvalue weighted by Crippen LogP contribution is -2.41. The number of hydrogen-bond acceptors (Lipinski definition) is 4. The Balaban J connectivity index is 2.15. The quantitative estimate of drug-likeness (QED) is 0.695. The number of carbonyl (C=O) groups is 2. The number of aromatic amines is 1. The van der Waals surface area contributed by atoms with Crippen molar-refractivity contribution in [1.29, 1.82) is 0 Å². The molecule has 1 aliphatic heterocycles. The minimum absolute atomic E-state index is 0.0903. The Hall–Kier alpha value is -1.87. The molecule has 1 aliphatic rings. The van der Waals surface area contributed by atoms with Crippen molar-refractivity contribution in [1.82, 2.24) is 9.29 Å². The third-order valence-electron chi connectivity index (χ3n) is 3.38. The molecule has 1 saturated heterocycles. The Kier molecular flexibility index (Phi) is 3.82. The molecule has 2 rings (SSSR count). The lowest BCUT2D eigenvalue weighted by Gasteiger charge is -2.29. The van der Waals surface area contributed by atoms with Crippen LogP contribution in [-0.2, 0) is 14.8 Å². The molecule has 0 atom stereocenters. The van der Waals surface area contributed by atoms with Crippen LogP contribution in [0.25, 0.3) is 0 Å². The third-order valence-corrected chi connectivity index (χ3v) is 5.26. The van der Waals surface area contributed by atoms with Crippen molar-refractivity contribution < 1.29 is 23.1 Å².